The van der Waals surface area contributed by atoms with Gasteiger partial charge in [-0.2, -0.15) is 9.49 Å². The van der Waals surface area contributed by atoms with E-state index in [-0.39, 0.29) is 11.5 Å². The molecule has 0 aliphatic carbocycles. The van der Waals surface area contributed by atoms with E-state index < -0.39 is 0 Å². The average molecular weight is 282 g/mol. The number of hydrogen-bond acceptors (Lipinski definition) is 1. The SMILES string of the molecule is Cc1c(I)nn(C(C)(C)C)c1F. The van der Waals surface area contributed by atoms with Crippen molar-refractivity contribution in [2.75, 3.05) is 0 Å². The van der Waals surface area contributed by atoms with Gasteiger partial charge in [-0.1, -0.05) is 0 Å². The monoisotopic (exact) mass is 282 g/mol. The van der Waals surface area contributed by atoms with Crippen LogP contribution in [0.5, 0.6) is 0 Å². The van der Waals surface area contributed by atoms with Gasteiger partial charge in [-0.25, -0.2) is 4.68 Å². The lowest BCUT2D eigenvalue weighted by Gasteiger charge is -2.19. The predicted octanol–water partition coefficient (Wildman–Crippen LogP) is 2.69. The van der Waals surface area contributed by atoms with Crippen molar-refractivity contribution in [3.63, 3.8) is 0 Å². The first-order valence-electron chi connectivity index (χ1n) is 3.75. The van der Waals surface area contributed by atoms with Gasteiger partial charge in [-0.05, 0) is 50.3 Å². The zero-order chi connectivity index (χ0) is 9.52. The maximum atomic E-state index is 13.4. The average Bonchev–Trinajstić information content (AvgIpc) is 2.15. The Morgan fingerprint density at radius 1 is 1.42 bits per heavy atom. The minimum Gasteiger partial charge on any atom is -0.233 e. The highest BCUT2D eigenvalue weighted by Gasteiger charge is 2.21. The zero-order valence-corrected chi connectivity index (χ0v) is 9.81. The number of aromatic nitrogens is 2. The maximum absolute atomic E-state index is 13.4. The predicted molar refractivity (Wildman–Crippen MR) is 54.6 cm³/mol. The van der Waals surface area contributed by atoms with Crippen LogP contribution < -0.4 is 0 Å². The van der Waals surface area contributed by atoms with Crippen molar-refractivity contribution in [1.29, 1.82) is 0 Å². The minimum atomic E-state index is -0.279. The second-order valence-corrected chi connectivity index (χ2v) is 4.81. The van der Waals surface area contributed by atoms with Crippen LogP contribution in [-0.2, 0) is 5.54 Å². The van der Waals surface area contributed by atoms with Gasteiger partial charge in [-0.15, -0.1) is 0 Å². The number of hydrogen-bond donors (Lipinski definition) is 0. The molecule has 0 spiro atoms. The first-order valence-corrected chi connectivity index (χ1v) is 4.83. The molecule has 0 saturated carbocycles. The second kappa shape index (κ2) is 2.97. The molecule has 0 N–H and O–H groups in total. The van der Waals surface area contributed by atoms with Gasteiger partial charge in [-0.3, -0.25) is 0 Å². The van der Waals surface area contributed by atoms with Crippen LogP contribution in [0.4, 0.5) is 4.39 Å². The molecule has 68 valence electrons. The van der Waals surface area contributed by atoms with Crippen molar-refractivity contribution in [2.24, 2.45) is 0 Å². The summed E-state index contributed by atoms with van der Waals surface area (Å²) in [4.78, 5) is 0. The van der Waals surface area contributed by atoms with Crippen molar-refractivity contribution in [1.82, 2.24) is 9.78 Å². The molecule has 4 heteroatoms. The molecule has 1 aromatic rings. The fraction of sp³-hybridized carbons (Fsp3) is 0.625. The lowest BCUT2D eigenvalue weighted by molar-refractivity contribution is 0.297. The third-order valence-electron chi connectivity index (χ3n) is 1.63. The molecule has 0 radical (unpaired) electrons. The van der Waals surface area contributed by atoms with E-state index in [0.717, 1.165) is 3.70 Å². The van der Waals surface area contributed by atoms with E-state index in [1.54, 1.807) is 6.92 Å². The Morgan fingerprint density at radius 2 is 1.92 bits per heavy atom. The molecule has 1 aromatic heterocycles. The van der Waals surface area contributed by atoms with Gasteiger partial charge in [0.15, 0.2) is 0 Å². The molecule has 1 heterocycles. The lowest BCUT2D eigenvalue weighted by Crippen LogP contribution is -2.25. The van der Waals surface area contributed by atoms with Crippen LogP contribution in [0, 0.1) is 16.6 Å². The standard InChI is InChI=1S/C8H12FIN2/c1-5-6(9)12(8(2,3)4)11-7(5)10/h1-4H3. The van der Waals surface area contributed by atoms with Gasteiger partial charge in [0.05, 0.1) is 5.54 Å². The van der Waals surface area contributed by atoms with Crippen LogP contribution >= 0.6 is 22.6 Å². The summed E-state index contributed by atoms with van der Waals surface area (Å²) in [6.45, 7) is 7.53. The first kappa shape index (κ1) is 9.95. The van der Waals surface area contributed by atoms with Crippen LogP contribution in [0.15, 0.2) is 0 Å². The molecule has 0 saturated heterocycles. The summed E-state index contributed by atoms with van der Waals surface area (Å²) in [5.74, 6) is -0.230. The Balaban J connectivity index is 3.28. The van der Waals surface area contributed by atoms with Crippen molar-refractivity contribution in [2.45, 2.75) is 33.2 Å². The van der Waals surface area contributed by atoms with Gasteiger partial charge in [0, 0.05) is 5.56 Å². The van der Waals surface area contributed by atoms with E-state index in [4.69, 9.17) is 0 Å². The highest BCUT2D eigenvalue weighted by Crippen LogP contribution is 2.20. The zero-order valence-electron chi connectivity index (χ0n) is 7.65. The molecule has 1 rings (SSSR count). The molecule has 0 atom stereocenters. The second-order valence-electron chi connectivity index (χ2n) is 3.79. The van der Waals surface area contributed by atoms with E-state index in [2.05, 4.69) is 5.10 Å². The lowest BCUT2D eigenvalue weighted by atomic mass is 10.1. The van der Waals surface area contributed by atoms with Gasteiger partial charge in [0.2, 0.25) is 5.95 Å². The van der Waals surface area contributed by atoms with Crippen LogP contribution in [0.25, 0.3) is 0 Å². The van der Waals surface area contributed by atoms with Crippen LogP contribution in [-0.4, -0.2) is 9.78 Å². The maximum Gasteiger partial charge on any atom is 0.215 e. The van der Waals surface area contributed by atoms with Crippen LogP contribution in [0.2, 0.25) is 0 Å². The van der Waals surface area contributed by atoms with E-state index in [9.17, 15) is 4.39 Å². The van der Waals surface area contributed by atoms with E-state index in [1.807, 2.05) is 43.4 Å². The molecule has 0 aliphatic heterocycles. The number of rotatable bonds is 0. The topological polar surface area (TPSA) is 17.8 Å². The first-order chi connectivity index (χ1) is 5.34. The Kier molecular flexibility index (Phi) is 2.47. The Bertz CT molecular complexity index is 299. The molecule has 0 bridgehead atoms. The molecule has 0 unspecified atom stereocenters. The van der Waals surface area contributed by atoms with Gasteiger partial charge in [0.25, 0.3) is 0 Å². The molecule has 0 aromatic carbocycles. The highest BCUT2D eigenvalue weighted by atomic mass is 127. The van der Waals surface area contributed by atoms with E-state index in [1.165, 1.54) is 4.68 Å². The molecule has 0 aliphatic rings. The fourth-order valence-corrected chi connectivity index (χ4v) is 1.33. The summed E-state index contributed by atoms with van der Waals surface area (Å²) in [7, 11) is 0. The van der Waals surface area contributed by atoms with Gasteiger partial charge < -0.3 is 0 Å². The number of halogens is 2. The third-order valence-corrected chi connectivity index (χ3v) is 2.65. The van der Waals surface area contributed by atoms with Gasteiger partial charge in [0.1, 0.15) is 3.70 Å². The smallest absolute Gasteiger partial charge is 0.215 e. The molecule has 12 heavy (non-hydrogen) atoms. The Hall–Kier alpha value is -0.130. The quantitative estimate of drug-likeness (QED) is 0.669. The summed E-state index contributed by atoms with van der Waals surface area (Å²) in [5.41, 5.74) is 0.351. The molecular weight excluding hydrogens is 270 g/mol. The van der Waals surface area contributed by atoms with E-state index in [0.29, 0.717) is 5.56 Å². The normalized spacial score (nSPS) is 12.2. The van der Waals surface area contributed by atoms with Crippen LogP contribution in [0.3, 0.4) is 0 Å². The molecule has 2 nitrogen and oxygen atoms in total. The summed E-state index contributed by atoms with van der Waals surface area (Å²) in [5, 5.41) is 4.11. The largest absolute Gasteiger partial charge is 0.233 e. The summed E-state index contributed by atoms with van der Waals surface area (Å²) < 4.78 is 15.6. The fourth-order valence-electron chi connectivity index (χ4n) is 0.895. The highest BCUT2D eigenvalue weighted by molar-refractivity contribution is 14.1. The van der Waals surface area contributed by atoms with Crippen molar-refractivity contribution < 1.29 is 4.39 Å². The molecule has 0 amide bonds. The van der Waals surface area contributed by atoms with Crippen molar-refractivity contribution in [3.8, 4) is 0 Å². The molecular formula is C8H12FIN2. The van der Waals surface area contributed by atoms with E-state index >= 15 is 0 Å². The summed E-state index contributed by atoms with van der Waals surface area (Å²) in [6, 6.07) is 0. The van der Waals surface area contributed by atoms with Crippen molar-refractivity contribution >= 4 is 22.6 Å². The Labute approximate surface area is 85.3 Å². The minimum absolute atomic E-state index is 0.230. The molecule has 0 fully saturated rings. The Morgan fingerprint density at radius 3 is 2.08 bits per heavy atom. The van der Waals surface area contributed by atoms with Crippen LogP contribution in [0.1, 0.15) is 26.3 Å². The summed E-state index contributed by atoms with van der Waals surface area (Å²) >= 11 is 2.04. The number of nitrogens with zero attached hydrogens (tertiary/aromatic N) is 2. The van der Waals surface area contributed by atoms with Crippen molar-refractivity contribution in [3.05, 3.63) is 15.2 Å². The van der Waals surface area contributed by atoms with Gasteiger partial charge >= 0.3 is 0 Å². The third kappa shape index (κ3) is 1.62. The summed E-state index contributed by atoms with van der Waals surface area (Å²) in [6.07, 6.45) is 0.